The van der Waals surface area contributed by atoms with Gasteiger partial charge in [-0.2, -0.15) is 0 Å². The highest BCUT2D eigenvalue weighted by Gasteiger charge is 2.13. The number of hydrogen-bond acceptors (Lipinski definition) is 4. The molecule has 8 heteroatoms. The molecule has 0 aliphatic carbocycles. The van der Waals surface area contributed by atoms with Gasteiger partial charge in [0.2, 0.25) is 0 Å². The highest BCUT2D eigenvalue weighted by Crippen LogP contribution is 2.23. The van der Waals surface area contributed by atoms with Crippen LogP contribution in [-0.2, 0) is 4.79 Å². The molecule has 1 rings (SSSR count). The van der Waals surface area contributed by atoms with Crippen molar-refractivity contribution in [1.29, 1.82) is 0 Å². The van der Waals surface area contributed by atoms with Crippen LogP contribution in [0.15, 0.2) is 18.2 Å². The number of nitrogens with one attached hydrogen (secondary N) is 1. The summed E-state index contributed by atoms with van der Waals surface area (Å²) in [6.07, 6.45) is 0. The number of halogens is 1. The average Bonchev–Trinajstić information content (AvgIpc) is 2.25. The number of imide groups is 1. The quantitative estimate of drug-likeness (QED) is 0.742. The minimum absolute atomic E-state index is 0.0744. The Labute approximate surface area is 106 Å². The topological polar surface area (TPSA) is 119 Å². The van der Waals surface area contributed by atoms with E-state index in [0.29, 0.717) is 0 Å². The number of benzene rings is 1. The Kier molecular flexibility index (Phi) is 4.50. The standard InChI is InChI=1S/C10H9ClN2O5/c11-5-1-2-6(9(15)16)7(3-5)18-4-8(14)13-10(12)17/h1-3H,4H2,(H,15,16)(H3,12,13,14,17). The lowest BCUT2D eigenvalue weighted by molar-refractivity contribution is -0.121. The van der Waals surface area contributed by atoms with E-state index in [-0.39, 0.29) is 16.3 Å². The third-order valence-electron chi connectivity index (χ3n) is 1.80. The Morgan fingerprint density at radius 3 is 2.61 bits per heavy atom. The first-order chi connectivity index (χ1) is 8.40. The minimum atomic E-state index is -1.23. The van der Waals surface area contributed by atoms with Crippen molar-refractivity contribution in [3.8, 4) is 5.75 Å². The Morgan fingerprint density at radius 2 is 2.06 bits per heavy atom. The van der Waals surface area contributed by atoms with Gasteiger partial charge in [-0.25, -0.2) is 9.59 Å². The predicted octanol–water partition coefficient (Wildman–Crippen LogP) is 0.612. The summed E-state index contributed by atoms with van der Waals surface area (Å²) in [5.41, 5.74) is 4.58. The molecular weight excluding hydrogens is 264 g/mol. The van der Waals surface area contributed by atoms with Crippen LogP contribution in [0.1, 0.15) is 10.4 Å². The van der Waals surface area contributed by atoms with Crippen molar-refractivity contribution in [2.75, 3.05) is 6.61 Å². The largest absolute Gasteiger partial charge is 0.483 e. The average molecular weight is 273 g/mol. The summed E-state index contributed by atoms with van der Waals surface area (Å²) in [5.74, 6) is -2.09. The van der Waals surface area contributed by atoms with Gasteiger partial charge in [0.15, 0.2) is 6.61 Å². The third-order valence-corrected chi connectivity index (χ3v) is 2.03. The monoisotopic (exact) mass is 272 g/mol. The number of carboxylic acid groups (broad SMARTS) is 1. The molecule has 0 fully saturated rings. The summed E-state index contributed by atoms with van der Waals surface area (Å²) in [5, 5.41) is 10.9. The molecule has 0 aliphatic heterocycles. The van der Waals surface area contributed by atoms with Crippen molar-refractivity contribution < 1.29 is 24.2 Å². The zero-order valence-corrected chi connectivity index (χ0v) is 9.73. The number of urea groups is 1. The number of amides is 3. The zero-order valence-electron chi connectivity index (χ0n) is 8.97. The van der Waals surface area contributed by atoms with Crippen LogP contribution in [0.4, 0.5) is 4.79 Å². The number of nitrogens with two attached hydrogens (primary N) is 1. The van der Waals surface area contributed by atoms with E-state index in [1.54, 1.807) is 5.32 Å². The van der Waals surface area contributed by atoms with Crippen molar-refractivity contribution in [2.45, 2.75) is 0 Å². The zero-order chi connectivity index (χ0) is 13.7. The fourth-order valence-electron chi connectivity index (χ4n) is 1.11. The number of aromatic carboxylic acids is 1. The van der Waals surface area contributed by atoms with Gasteiger partial charge in [0.05, 0.1) is 0 Å². The first-order valence-electron chi connectivity index (χ1n) is 4.65. The van der Waals surface area contributed by atoms with Crippen molar-refractivity contribution in [3.63, 3.8) is 0 Å². The van der Waals surface area contributed by atoms with Crippen LogP contribution in [0.25, 0.3) is 0 Å². The van der Waals surface area contributed by atoms with E-state index >= 15 is 0 Å². The van der Waals surface area contributed by atoms with Gasteiger partial charge in [-0.3, -0.25) is 10.1 Å². The number of rotatable bonds is 4. The molecule has 7 nitrogen and oxygen atoms in total. The summed E-state index contributed by atoms with van der Waals surface area (Å²) >= 11 is 5.67. The van der Waals surface area contributed by atoms with Crippen molar-refractivity contribution in [2.24, 2.45) is 5.73 Å². The summed E-state index contributed by atoms with van der Waals surface area (Å²) in [6.45, 7) is -0.552. The molecule has 4 N–H and O–H groups in total. The summed E-state index contributed by atoms with van der Waals surface area (Å²) in [4.78, 5) is 32.3. The molecule has 0 saturated heterocycles. The van der Waals surface area contributed by atoms with E-state index in [9.17, 15) is 14.4 Å². The van der Waals surface area contributed by atoms with Crippen LogP contribution < -0.4 is 15.8 Å². The van der Waals surface area contributed by atoms with Crippen LogP contribution in [-0.4, -0.2) is 29.6 Å². The van der Waals surface area contributed by atoms with Gasteiger partial charge in [0.1, 0.15) is 11.3 Å². The molecule has 1 aromatic rings. The Morgan fingerprint density at radius 1 is 1.39 bits per heavy atom. The van der Waals surface area contributed by atoms with E-state index in [1.165, 1.54) is 18.2 Å². The van der Waals surface area contributed by atoms with Crippen LogP contribution in [0.2, 0.25) is 5.02 Å². The van der Waals surface area contributed by atoms with Crippen LogP contribution in [0, 0.1) is 0 Å². The van der Waals surface area contributed by atoms with E-state index in [4.69, 9.17) is 27.2 Å². The van der Waals surface area contributed by atoms with Gasteiger partial charge in [0.25, 0.3) is 5.91 Å². The van der Waals surface area contributed by atoms with Gasteiger partial charge in [0, 0.05) is 5.02 Å². The Hall–Kier alpha value is -2.28. The smallest absolute Gasteiger partial charge is 0.339 e. The molecule has 0 spiro atoms. The number of primary amides is 1. The second kappa shape index (κ2) is 5.87. The maximum absolute atomic E-state index is 11.1. The number of hydrogen-bond donors (Lipinski definition) is 3. The van der Waals surface area contributed by atoms with E-state index in [2.05, 4.69) is 0 Å². The molecule has 0 heterocycles. The highest BCUT2D eigenvalue weighted by molar-refractivity contribution is 6.30. The van der Waals surface area contributed by atoms with Crippen LogP contribution >= 0.6 is 11.6 Å². The van der Waals surface area contributed by atoms with Gasteiger partial charge in [-0.15, -0.1) is 0 Å². The molecule has 0 aromatic heterocycles. The predicted molar refractivity (Wildman–Crippen MR) is 61.6 cm³/mol. The molecule has 96 valence electrons. The molecule has 0 bridgehead atoms. The van der Waals surface area contributed by atoms with Crippen LogP contribution in [0.3, 0.4) is 0 Å². The van der Waals surface area contributed by atoms with Gasteiger partial charge in [-0.05, 0) is 18.2 Å². The highest BCUT2D eigenvalue weighted by atomic mass is 35.5. The van der Waals surface area contributed by atoms with Crippen LogP contribution in [0.5, 0.6) is 5.75 Å². The molecule has 0 atom stereocenters. The maximum atomic E-state index is 11.1. The van der Waals surface area contributed by atoms with Gasteiger partial charge < -0.3 is 15.6 Å². The second-order valence-electron chi connectivity index (χ2n) is 3.15. The lowest BCUT2D eigenvalue weighted by Gasteiger charge is -2.08. The maximum Gasteiger partial charge on any atom is 0.339 e. The molecule has 18 heavy (non-hydrogen) atoms. The molecule has 1 aromatic carbocycles. The SMILES string of the molecule is NC(=O)NC(=O)COc1cc(Cl)ccc1C(=O)O. The molecular formula is C10H9ClN2O5. The molecule has 0 saturated carbocycles. The minimum Gasteiger partial charge on any atom is -0.483 e. The molecule has 0 unspecified atom stereocenters. The van der Waals surface area contributed by atoms with Crippen molar-refractivity contribution >= 4 is 29.5 Å². The Balaban J connectivity index is 2.77. The van der Waals surface area contributed by atoms with Crippen molar-refractivity contribution in [3.05, 3.63) is 28.8 Å². The fraction of sp³-hybridized carbons (Fsp3) is 0.100. The lowest BCUT2D eigenvalue weighted by atomic mass is 10.2. The molecule has 3 amide bonds. The van der Waals surface area contributed by atoms with E-state index in [1.807, 2.05) is 0 Å². The first-order valence-corrected chi connectivity index (χ1v) is 5.03. The summed E-state index contributed by atoms with van der Waals surface area (Å²) < 4.78 is 4.96. The molecule has 0 radical (unpaired) electrons. The van der Waals surface area contributed by atoms with Crippen molar-refractivity contribution in [1.82, 2.24) is 5.32 Å². The van der Waals surface area contributed by atoms with E-state index in [0.717, 1.165) is 0 Å². The summed E-state index contributed by atoms with van der Waals surface area (Å²) in [7, 11) is 0. The Bertz CT molecular complexity index is 503. The normalized spacial score (nSPS) is 9.61. The number of carbonyl (C=O) groups is 3. The third kappa shape index (κ3) is 3.95. The number of ether oxygens (including phenoxy) is 1. The second-order valence-corrected chi connectivity index (χ2v) is 3.58. The lowest BCUT2D eigenvalue weighted by Crippen LogP contribution is -2.38. The van der Waals surface area contributed by atoms with E-state index < -0.39 is 24.5 Å². The van der Waals surface area contributed by atoms with Gasteiger partial charge >= 0.3 is 12.0 Å². The van der Waals surface area contributed by atoms with Gasteiger partial charge in [-0.1, -0.05) is 11.6 Å². The first kappa shape index (κ1) is 13.8. The number of carbonyl (C=O) groups excluding carboxylic acids is 2. The number of carboxylic acids is 1. The molecule has 0 aliphatic rings. The fourth-order valence-corrected chi connectivity index (χ4v) is 1.27. The summed E-state index contributed by atoms with van der Waals surface area (Å²) in [6, 6.07) is 2.85.